The van der Waals surface area contributed by atoms with Gasteiger partial charge >= 0.3 is 0 Å². The van der Waals surface area contributed by atoms with Crippen LogP contribution < -0.4 is 9.64 Å². The average Bonchev–Trinajstić information content (AvgIpc) is 2.72. The van der Waals surface area contributed by atoms with Gasteiger partial charge < -0.3 is 4.74 Å². The van der Waals surface area contributed by atoms with Crippen molar-refractivity contribution in [3.05, 3.63) is 88.5 Å². The van der Waals surface area contributed by atoms with Crippen LogP contribution in [0.2, 0.25) is 10.0 Å². The molecule has 0 aliphatic heterocycles. The zero-order valence-electron chi connectivity index (χ0n) is 15.2. The van der Waals surface area contributed by atoms with Crippen LogP contribution in [0.25, 0.3) is 0 Å². The van der Waals surface area contributed by atoms with Crippen molar-refractivity contribution in [1.82, 2.24) is 4.98 Å². The van der Waals surface area contributed by atoms with E-state index in [0.717, 1.165) is 5.56 Å². The summed E-state index contributed by atoms with van der Waals surface area (Å²) < 4.78 is 5.67. The van der Waals surface area contributed by atoms with Gasteiger partial charge in [-0.3, -0.25) is 9.69 Å². The highest BCUT2D eigenvalue weighted by Crippen LogP contribution is 2.27. The number of carbonyl (C=O) groups excluding carboxylic acids is 1. The summed E-state index contributed by atoms with van der Waals surface area (Å²) in [6.45, 7) is 0.856. The maximum Gasteiger partial charge on any atom is 0.228 e. The van der Waals surface area contributed by atoms with Gasteiger partial charge in [0.2, 0.25) is 5.91 Å². The van der Waals surface area contributed by atoms with E-state index >= 15 is 0 Å². The van der Waals surface area contributed by atoms with E-state index in [1.165, 1.54) is 0 Å². The lowest BCUT2D eigenvalue weighted by molar-refractivity contribution is -0.119. The standard InChI is InChI=1S/C22H20Cl2N2O2/c23-18-11-12-20(19(24)15-18)28-14-6-10-22(27)26(21-9-4-5-13-25-21)16-17-7-2-1-3-8-17/h1-5,7-9,11-13,15H,6,10,14,16H2. The first kappa shape index (κ1) is 20.2. The van der Waals surface area contributed by atoms with Crippen molar-refractivity contribution < 1.29 is 9.53 Å². The highest BCUT2D eigenvalue weighted by atomic mass is 35.5. The number of carbonyl (C=O) groups is 1. The van der Waals surface area contributed by atoms with E-state index in [1.807, 2.05) is 48.5 Å². The van der Waals surface area contributed by atoms with E-state index in [1.54, 1.807) is 29.3 Å². The van der Waals surface area contributed by atoms with Crippen molar-refractivity contribution in [3.63, 3.8) is 0 Å². The van der Waals surface area contributed by atoms with Gasteiger partial charge in [0.25, 0.3) is 0 Å². The maximum absolute atomic E-state index is 12.9. The molecular formula is C22H20Cl2N2O2. The normalized spacial score (nSPS) is 10.5. The molecule has 1 amide bonds. The van der Waals surface area contributed by atoms with Crippen LogP contribution in [-0.2, 0) is 11.3 Å². The fourth-order valence-corrected chi connectivity index (χ4v) is 3.17. The second-order valence-electron chi connectivity index (χ2n) is 6.18. The third-order valence-corrected chi connectivity index (χ3v) is 4.63. The average molecular weight is 415 g/mol. The minimum Gasteiger partial charge on any atom is -0.492 e. The van der Waals surface area contributed by atoms with E-state index < -0.39 is 0 Å². The topological polar surface area (TPSA) is 42.4 Å². The van der Waals surface area contributed by atoms with Gasteiger partial charge in [0, 0.05) is 17.6 Å². The van der Waals surface area contributed by atoms with Crippen molar-refractivity contribution in [2.75, 3.05) is 11.5 Å². The van der Waals surface area contributed by atoms with Crippen LogP contribution in [0.4, 0.5) is 5.82 Å². The Balaban J connectivity index is 1.59. The number of pyridine rings is 1. The fourth-order valence-electron chi connectivity index (χ4n) is 2.71. The number of nitrogens with zero attached hydrogens (tertiary/aromatic N) is 2. The Kier molecular flexibility index (Phi) is 7.29. The number of amides is 1. The molecule has 1 aromatic heterocycles. The summed E-state index contributed by atoms with van der Waals surface area (Å²) in [7, 11) is 0. The molecule has 144 valence electrons. The third-order valence-electron chi connectivity index (χ3n) is 4.10. The largest absolute Gasteiger partial charge is 0.492 e. The quantitative estimate of drug-likeness (QED) is 0.438. The SMILES string of the molecule is O=C(CCCOc1ccc(Cl)cc1Cl)N(Cc1ccccc1)c1ccccn1. The monoisotopic (exact) mass is 414 g/mol. The Bertz CT molecular complexity index is 905. The fraction of sp³-hybridized carbons (Fsp3) is 0.182. The van der Waals surface area contributed by atoms with Crippen LogP contribution in [0.3, 0.4) is 0 Å². The van der Waals surface area contributed by atoms with Gasteiger partial charge in [-0.25, -0.2) is 4.98 Å². The van der Waals surface area contributed by atoms with E-state index in [9.17, 15) is 4.79 Å². The molecule has 0 radical (unpaired) electrons. The highest BCUT2D eigenvalue weighted by Gasteiger charge is 2.17. The van der Waals surface area contributed by atoms with Gasteiger partial charge in [0.05, 0.1) is 18.2 Å². The van der Waals surface area contributed by atoms with Gasteiger partial charge in [-0.2, -0.15) is 0 Å². The number of ether oxygens (including phenoxy) is 1. The number of halogens is 2. The zero-order valence-corrected chi connectivity index (χ0v) is 16.7. The number of rotatable bonds is 8. The molecule has 3 aromatic rings. The first-order valence-electron chi connectivity index (χ1n) is 8.96. The van der Waals surface area contributed by atoms with Crippen LogP contribution in [0.5, 0.6) is 5.75 Å². The molecule has 3 rings (SSSR count). The Morgan fingerprint density at radius 2 is 1.79 bits per heavy atom. The number of hydrogen-bond donors (Lipinski definition) is 0. The minimum atomic E-state index is -0.00615. The van der Waals surface area contributed by atoms with E-state index in [0.29, 0.717) is 47.6 Å². The number of anilines is 1. The molecule has 0 saturated heterocycles. The molecule has 1 heterocycles. The van der Waals surface area contributed by atoms with Gasteiger partial charge in [-0.15, -0.1) is 0 Å². The lowest BCUT2D eigenvalue weighted by Gasteiger charge is -2.22. The molecule has 0 N–H and O–H groups in total. The molecule has 0 saturated carbocycles. The van der Waals surface area contributed by atoms with Gasteiger partial charge in [0.1, 0.15) is 11.6 Å². The summed E-state index contributed by atoms with van der Waals surface area (Å²) in [5.74, 6) is 1.19. The lowest BCUT2D eigenvalue weighted by atomic mass is 10.2. The molecular weight excluding hydrogens is 395 g/mol. The smallest absolute Gasteiger partial charge is 0.228 e. The number of hydrogen-bond acceptors (Lipinski definition) is 3. The predicted molar refractivity (Wildman–Crippen MR) is 113 cm³/mol. The summed E-state index contributed by atoms with van der Waals surface area (Å²) in [5.41, 5.74) is 1.05. The molecule has 0 aliphatic carbocycles. The van der Waals surface area contributed by atoms with Crippen molar-refractivity contribution in [1.29, 1.82) is 0 Å². The summed E-state index contributed by atoms with van der Waals surface area (Å²) in [5, 5.41) is 1.01. The molecule has 0 bridgehead atoms. The summed E-state index contributed by atoms with van der Waals surface area (Å²) in [6.07, 6.45) is 2.59. The summed E-state index contributed by atoms with van der Waals surface area (Å²) >= 11 is 12.0. The van der Waals surface area contributed by atoms with Crippen LogP contribution >= 0.6 is 23.2 Å². The Morgan fingerprint density at radius 1 is 1.00 bits per heavy atom. The van der Waals surface area contributed by atoms with E-state index in [-0.39, 0.29) is 5.91 Å². The maximum atomic E-state index is 12.9. The number of aromatic nitrogens is 1. The van der Waals surface area contributed by atoms with Crippen LogP contribution in [-0.4, -0.2) is 17.5 Å². The number of benzene rings is 2. The Labute approximate surface area is 174 Å². The Hall–Kier alpha value is -2.56. The molecule has 0 spiro atoms. The van der Waals surface area contributed by atoms with Gasteiger partial charge in [0.15, 0.2) is 0 Å². The molecule has 0 fully saturated rings. The Morgan fingerprint density at radius 3 is 2.50 bits per heavy atom. The van der Waals surface area contributed by atoms with Crippen molar-refractivity contribution in [3.8, 4) is 5.75 Å². The van der Waals surface area contributed by atoms with Crippen molar-refractivity contribution >= 4 is 34.9 Å². The van der Waals surface area contributed by atoms with E-state index in [2.05, 4.69) is 4.98 Å². The highest BCUT2D eigenvalue weighted by molar-refractivity contribution is 6.35. The molecule has 2 aromatic carbocycles. The predicted octanol–water partition coefficient (Wildman–Crippen LogP) is 5.78. The molecule has 0 aliphatic rings. The van der Waals surface area contributed by atoms with Gasteiger partial charge in [-0.1, -0.05) is 59.6 Å². The molecule has 0 atom stereocenters. The molecule has 28 heavy (non-hydrogen) atoms. The molecule has 6 heteroatoms. The minimum absolute atomic E-state index is 0.00615. The molecule has 0 unspecified atom stereocenters. The van der Waals surface area contributed by atoms with Crippen LogP contribution in [0.15, 0.2) is 72.9 Å². The second kappa shape index (κ2) is 10.1. The lowest BCUT2D eigenvalue weighted by Crippen LogP contribution is -2.31. The first-order valence-corrected chi connectivity index (χ1v) is 9.72. The molecule has 4 nitrogen and oxygen atoms in total. The second-order valence-corrected chi connectivity index (χ2v) is 7.02. The van der Waals surface area contributed by atoms with Crippen LogP contribution in [0.1, 0.15) is 18.4 Å². The zero-order chi connectivity index (χ0) is 19.8. The van der Waals surface area contributed by atoms with E-state index in [4.69, 9.17) is 27.9 Å². The third kappa shape index (κ3) is 5.72. The first-order chi connectivity index (χ1) is 13.6. The van der Waals surface area contributed by atoms with Gasteiger partial charge in [-0.05, 0) is 42.3 Å². The van der Waals surface area contributed by atoms with Crippen molar-refractivity contribution in [2.45, 2.75) is 19.4 Å². The van der Waals surface area contributed by atoms with Crippen molar-refractivity contribution in [2.24, 2.45) is 0 Å². The summed E-state index contributed by atoms with van der Waals surface area (Å²) in [4.78, 5) is 18.9. The summed E-state index contributed by atoms with van der Waals surface area (Å²) in [6, 6.07) is 20.5. The van der Waals surface area contributed by atoms with Crippen LogP contribution in [0, 0.1) is 0 Å².